The maximum atomic E-state index is 6.12. The highest BCUT2D eigenvalue weighted by molar-refractivity contribution is 5.70. The van der Waals surface area contributed by atoms with Crippen LogP contribution in [0.3, 0.4) is 0 Å². The zero-order valence-electron chi connectivity index (χ0n) is 16.9. The monoisotopic (exact) mass is 362 g/mol. The molecular formula is C23H30N4. The summed E-state index contributed by atoms with van der Waals surface area (Å²) in [7, 11) is 0. The highest BCUT2D eigenvalue weighted by atomic mass is 15.2. The Balaban J connectivity index is 1.87. The van der Waals surface area contributed by atoms with Gasteiger partial charge in [0, 0.05) is 36.1 Å². The number of nitrogen functional groups attached to an aromatic ring is 1. The molecule has 4 rings (SSSR count). The molecule has 0 amide bonds. The van der Waals surface area contributed by atoms with Crippen LogP contribution < -0.4 is 5.73 Å². The van der Waals surface area contributed by atoms with Gasteiger partial charge in [-0.2, -0.15) is 0 Å². The van der Waals surface area contributed by atoms with Crippen molar-refractivity contribution in [2.24, 2.45) is 0 Å². The van der Waals surface area contributed by atoms with Gasteiger partial charge in [0.2, 0.25) is 0 Å². The van der Waals surface area contributed by atoms with Crippen LogP contribution in [-0.4, -0.2) is 26.4 Å². The highest BCUT2D eigenvalue weighted by Crippen LogP contribution is 2.32. The van der Waals surface area contributed by atoms with Crippen molar-refractivity contribution in [2.75, 3.05) is 5.73 Å². The average molecular weight is 363 g/mol. The topological polar surface area (TPSA) is 46.6 Å². The third-order valence-corrected chi connectivity index (χ3v) is 6.09. The second-order valence-corrected chi connectivity index (χ2v) is 8.22. The Bertz CT molecular complexity index is 962. The second-order valence-electron chi connectivity index (χ2n) is 8.22. The van der Waals surface area contributed by atoms with Crippen LogP contribution in [-0.2, 0) is 6.54 Å². The lowest BCUT2D eigenvalue weighted by molar-refractivity contribution is 0.0937. The Kier molecular flexibility index (Phi) is 4.68. The van der Waals surface area contributed by atoms with Gasteiger partial charge in [0.15, 0.2) is 0 Å². The molecule has 1 aliphatic heterocycles. The summed E-state index contributed by atoms with van der Waals surface area (Å²) in [6.45, 7) is 9.92. The molecule has 2 unspecified atom stereocenters. The van der Waals surface area contributed by atoms with E-state index in [4.69, 9.17) is 10.7 Å². The number of aryl methyl sites for hydroxylation is 2. The van der Waals surface area contributed by atoms with E-state index in [0.717, 1.165) is 23.6 Å². The first-order valence-electron chi connectivity index (χ1n) is 10.0. The fourth-order valence-electron chi connectivity index (χ4n) is 4.52. The smallest absolute Gasteiger partial charge is 0.137 e. The highest BCUT2D eigenvalue weighted by Gasteiger charge is 2.27. The molecule has 2 atom stereocenters. The van der Waals surface area contributed by atoms with Crippen LogP contribution in [0.15, 0.2) is 36.5 Å². The van der Waals surface area contributed by atoms with Gasteiger partial charge in [0.25, 0.3) is 0 Å². The minimum Gasteiger partial charge on any atom is -0.398 e. The molecule has 0 radical (unpaired) electrons. The number of hydrogen-bond acceptors (Lipinski definition) is 3. The quantitative estimate of drug-likeness (QED) is 0.716. The van der Waals surface area contributed by atoms with Crippen LogP contribution >= 0.6 is 0 Å². The molecule has 0 bridgehead atoms. The first-order valence-corrected chi connectivity index (χ1v) is 10.0. The van der Waals surface area contributed by atoms with E-state index in [1.54, 1.807) is 0 Å². The first-order chi connectivity index (χ1) is 12.9. The SMILES string of the molecule is Cc1ccc(-c2nc3ccc(N)cn3c2CN2C(C)CCCC2C)c(C)c1. The normalized spacial score (nSPS) is 21.0. The van der Waals surface area contributed by atoms with Crippen molar-refractivity contribution >= 4 is 11.3 Å². The third kappa shape index (κ3) is 3.34. The van der Waals surface area contributed by atoms with E-state index in [1.807, 2.05) is 18.3 Å². The lowest BCUT2D eigenvalue weighted by Gasteiger charge is -2.39. The molecule has 4 heteroatoms. The summed E-state index contributed by atoms with van der Waals surface area (Å²) in [4.78, 5) is 7.64. The maximum absolute atomic E-state index is 6.12. The number of aromatic nitrogens is 2. The van der Waals surface area contributed by atoms with Crippen molar-refractivity contribution in [3.05, 3.63) is 53.3 Å². The van der Waals surface area contributed by atoms with Crippen molar-refractivity contribution in [3.8, 4) is 11.3 Å². The number of imidazole rings is 1. The Morgan fingerprint density at radius 1 is 1.07 bits per heavy atom. The van der Waals surface area contributed by atoms with E-state index in [9.17, 15) is 0 Å². The zero-order valence-corrected chi connectivity index (χ0v) is 16.9. The Morgan fingerprint density at radius 3 is 2.52 bits per heavy atom. The van der Waals surface area contributed by atoms with Gasteiger partial charge in [-0.25, -0.2) is 4.98 Å². The Labute approximate surface area is 162 Å². The molecule has 1 aliphatic rings. The standard InChI is InChI=1S/C23H30N4/c1-15-8-10-20(16(2)12-15)23-21(14-26-17(3)6-5-7-18(26)4)27-13-19(24)9-11-22(27)25-23/h8-13,17-18H,5-7,14,24H2,1-4H3. The fraction of sp³-hybridized carbons (Fsp3) is 0.435. The third-order valence-electron chi connectivity index (χ3n) is 6.09. The summed E-state index contributed by atoms with van der Waals surface area (Å²) >= 11 is 0. The van der Waals surface area contributed by atoms with Gasteiger partial charge < -0.3 is 10.1 Å². The first kappa shape index (κ1) is 18.1. The average Bonchev–Trinajstić information content (AvgIpc) is 2.96. The molecule has 2 N–H and O–H groups in total. The number of nitrogens with two attached hydrogens (primary N) is 1. The van der Waals surface area contributed by atoms with Crippen LogP contribution in [0.5, 0.6) is 0 Å². The summed E-state index contributed by atoms with van der Waals surface area (Å²) in [6, 6.07) is 11.8. The van der Waals surface area contributed by atoms with E-state index in [0.29, 0.717) is 12.1 Å². The summed E-state index contributed by atoms with van der Waals surface area (Å²) in [5, 5.41) is 0. The number of pyridine rings is 1. The molecule has 3 heterocycles. The van der Waals surface area contributed by atoms with E-state index in [2.05, 4.69) is 55.2 Å². The molecule has 2 aromatic heterocycles. The number of nitrogens with zero attached hydrogens (tertiary/aromatic N) is 3. The number of anilines is 1. The maximum Gasteiger partial charge on any atom is 0.137 e. The minimum atomic E-state index is 0.590. The molecule has 1 fully saturated rings. The van der Waals surface area contributed by atoms with Crippen LogP contribution in [0, 0.1) is 13.8 Å². The predicted molar refractivity (Wildman–Crippen MR) is 113 cm³/mol. The van der Waals surface area contributed by atoms with Crippen LogP contribution in [0.2, 0.25) is 0 Å². The van der Waals surface area contributed by atoms with Crippen molar-refractivity contribution in [1.82, 2.24) is 14.3 Å². The molecule has 1 saturated heterocycles. The molecule has 142 valence electrons. The minimum absolute atomic E-state index is 0.590. The Hall–Kier alpha value is -2.33. The molecule has 0 aliphatic carbocycles. The molecule has 0 saturated carbocycles. The van der Waals surface area contributed by atoms with E-state index in [-0.39, 0.29) is 0 Å². The molecule has 0 spiro atoms. The molecule has 4 nitrogen and oxygen atoms in total. The number of fused-ring (bicyclic) bond motifs is 1. The van der Waals surface area contributed by atoms with Crippen molar-refractivity contribution < 1.29 is 0 Å². The van der Waals surface area contributed by atoms with Gasteiger partial charge in [0.05, 0.1) is 11.4 Å². The lowest BCUT2D eigenvalue weighted by Crippen LogP contribution is -2.43. The summed E-state index contributed by atoms with van der Waals surface area (Å²) in [6.07, 6.45) is 5.87. The van der Waals surface area contributed by atoms with Gasteiger partial charge in [-0.05, 0) is 58.2 Å². The van der Waals surface area contributed by atoms with Gasteiger partial charge in [-0.15, -0.1) is 0 Å². The lowest BCUT2D eigenvalue weighted by atomic mass is 9.96. The largest absolute Gasteiger partial charge is 0.398 e. The number of hydrogen-bond donors (Lipinski definition) is 1. The zero-order chi connectivity index (χ0) is 19.1. The molecule has 1 aromatic carbocycles. The van der Waals surface area contributed by atoms with Crippen molar-refractivity contribution in [2.45, 2.75) is 65.6 Å². The van der Waals surface area contributed by atoms with Crippen LogP contribution in [0.1, 0.15) is 49.9 Å². The van der Waals surface area contributed by atoms with Crippen LogP contribution in [0.4, 0.5) is 5.69 Å². The van der Waals surface area contributed by atoms with E-state index >= 15 is 0 Å². The second kappa shape index (κ2) is 7.01. The van der Waals surface area contributed by atoms with Gasteiger partial charge >= 0.3 is 0 Å². The molecule has 27 heavy (non-hydrogen) atoms. The molecule has 3 aromatic rings. The summed E-state index contributed by atoms with van der Waals surface area (Å²) < 4.78 is 2.19. The van der Waals surface area contributed by atoms with E-state index in [1.165, 1.54) is 41.6 Å². The molecular weight excluding hydrogens is 332 g/mol. The van der Waals surface area contributed by atoms with Gasteiger partial charge in [-0.3, -0.25) is 4.90 Å². The van der Waals surface area contributed by atoms with Crippen molar-refractivity contribution in [1.29, 1.82) is 0 Å². The fourth-order valence-corrected chi connectivity index (χ4v) is 4.52. The number of piperidine rings is 1. The van der Waals surface area contributed by atoms with Crippen LogP contribution in [0.25, 0.3) is 16.9 Å². The Morgan fingerprint density at radius 2 is 1.81 bits per heavy atom. The van der Waals surface area contributed by atoms with Gasteiger partial charge in [0.1, 0.15) is 5.65 Å². The number of likely N-dealkylation sites (tertiary alicyclic amines) is 1. The van der Waals surface area contributed by atoms with E-state index < -0.39 is 0 Å². The number of rotatable bonds is 3. The summed E-state index contributed by atoms with van der Waals surface area (Å²) in [5.41, 5.74) is 13.9. The van der Waals surface area contributed by atoms with Crippen molar-refractivity contribution in [3.63, 3.8) is 0 Å². The predicted octanol–water partition coefficient (Wildman–Crippen LogP) is 4.96. The van der Waals surface area contributed by atoms with Gasteiger partial charge in [-0.1, -0.05) is 30.2 Å². The number of benzene rings is 1. The summed E-state index contributed by atoms with van der Waals surface area (Å²) in [5.74, 6) is 0.